The molecule has 17 heavy (non-hydrogen) atoms. The van der Waals surface area contributed by atoms with Crippen LogP contribution in [0.15, 0.2) is 0 Å². The Balaban J connectivity index is 2.65. The molecule has 0 aliphatic heterocycles. The zero-order valence-corrected chi connectivity index (χ0v) is 11.6. The summed E-state index contributed by atoms with van der Waals surface area (Å²) in [6.07, 6.45) is 7.60. The first-order chi connectivity index (χ1) is 8.11. The smallest absolute Gasteiger partial charge is 0.227 e. The third kappa shape index (κ3) is 3.70. The molecule has 0 heterocycles. The SMILES string of the molecule is CCC(CC)N(C)C(=O)C1CCCCCC1N. The van der Waals surface area contributed by atoms with E-state index in [2.05, 4.69) is 13.8 Å². The summed E-state index contributed by atoms with van der Waals surface area (Å²) in [4.78, 5) is 14.4. The molecule has 0 spiro atoms. The van der Waals surface area contributed by atoms with E-state index in [1.165, 1.54) is 12.8 Å². The van der Waals surface area contributed by atoms with E-state index in [9.17, 15) is 4.79 Å². The third-order valence-electron chi connectivity index (χ3n) is 4.22. The fourth-order valence-corrected chi connectivity index (χ4v) is 2.92. The maximum atomic E-state index is 12.5. The number of nitrogens with zero attached hydrogens (tertiary/aromatic N) is 1. The molecule has 2 atom stereocenters. The van der Waals surface area contributed by atoms with Crippen LogP contribution >= 0.6 is 0 Å². The van der Waals surface area contributed by atoms with Gasteiger partial charge < -0.3 is 10.6 Å². The van der Waals surface area contributed by atoms with E-state index in [4.69, 9.17) is 5.73 Å². The molecule has 0 aromatic rings. The minimum atomic E-state index is 0.0584. The van der Waals surface area contributed by atoms with Crippen LogP contribution in [0, 0.1) is 5.92 Å². The molecule has 0 aromatic heterocycles. The van der Waals surface area contributed by atoms with Crippen LogP contribution in [-0.2, 0) is 4.79 Å². The van der Waals surface area contributed by atoms with Crippen LogP contribution < -0.4 is 5.73 Å². The fourth-order valence-electron chi connectivity index (χ4n) is 2.92. The van der Waals surface area contributed by atoms with Crippen LogP contribution in [0.2, 0.25) is 0 Å². The van der Waals surface area contributed by atoms with Crippen LogP contribution in [0.4, 0.5) is 0 Å². The van der Waals surface area contributed by atoms with Crippen molar-refractivity contribution in [3.63, 3.8) is 0 Å². The van der Waals surface area contributed by atoms with Gasteiger partial charge in [0.1, 0.15) is 0 Å². The van der Waals surface area contributed by atoms with Gasteiger partial charge in [-0.15, -0.1) is 0 Å². The van der Waals surface area contributed by atoms with Crippen LogP contribution in [0.5, 0.6) is 0 Å². The summed E-state index contributed by atoms with van der Waals surface area (Å²) in [5, 5.41) is 0. The topological polar surface area (TPSA) is 46.3 Å². The molecule has 1 fully saturated rings. The van der Waals surface area contributed by atoms with Gasteiger partial charge in [-0.25, -0.2) is 0 Å². The third-order valence-corrected chi connectivity index (χ3v) is 4.22. The molecule has 0 aromatic carbocycles. The van der Waals surface area contributed by atoms with E-state index in [0.29, 0.717) is 6.04 Å². The second-order valence-corrected chi connectivity index (χ2v) is 5.33. The van der Waals surface area contributed by atoms with E-state index in [1.807, 2.05) is 11.9 Å². The summed E-state index contributed by atoms with van der Waals surface area (Å²) in [5.41, 5.74) is 6.15. The van der Waals surface area contributed by atoms with E-state index in [0.717, 1.165) is 32.1 Å². The highest BCUT2D eigenvalue weighted by molar-refractivity contribution is 5.79. The number of rotatable bonds is 4. The lowest BCUT2D eigenvalue weighted by Gasteiger charge is -2.31. The van der Waals surface area contributed by atoms with Crippen molar-refractivity contribution in [2.45, 2.75) is 70.9 Å². The van der Waals surface area contributed by atoms with Crippen molar-refractivity contribution >= 4 is 5.91 Å². The van der Waals surface area contributed by atoms with Gasteiger partial charge in [0.05, 0.1) is 5.92 Å². The van der Waals surface area contributed by atoms with Gasteiger partial charge in [-0.1, -0.05) is 33.1 Å². The Morgan fingerprint density at radius 2 is 1.82 bits per heavy atom. The predicted octanol–water partition coefficient (Wildman–Crippen LogP) is 2.54. The van der Waals surface area contributed by atoms with Crippen molar-refractivity contribution in [3.8, 4) is 0 Å². The van der Waals surface area contributed by atoms with Gasteiger partial charge >= 0.3 is 0 Å². The molecule has 0 saturated heterocycles. The average Bonchev–Trinajstić information content (AvgIpc) is 2.54. The Morgan fingerprint density at radius 1 is 1.24 bits per heavy atom. The minimum absolute atomic E-state index is 0.0584. The van der Waals surface area contributed by atoms with Gasteiger partial charge in [0.2, 0.25) is 5.91 Å². The standard InChI is InChI=1S/C14H28N2O/c1-4-11(5-2)16(3)14(17)12-9-7-6-8-10-13(12)15/h11-13H,4-10,15H2,1-3H3. The summed E-state index contributed by atoms with van der Waals surface area (Å²) in [6, 6.07) is 0.444. The van der Waals surface area contributed by atoms with Gasteiger partial charge in [-0.2, -0.15) is 0 Å². The number of nitrogens with two attached hydrogens (primary N) is 1. The lowest BCUT2D eigenvalue weighted by Crippen LogP contribution is -2.45. The van der Waals surface area contributed by atoms with Crippen LogP contribution in [0.3, 0.4) is 0 Å². The second-order valence-electron chi connectivity index (χ2n) is 5.33. The van der Waals surface area contributed by atoms with Crippen molar-refractivity contribution in [3.05, 3.63) is 0 Å². The second kappa shape index (κ2) is 7.00. The van der Waals surface area contributed by atoms with Gasteiger partial charge in [-0.3, -0.25) is 4.79 Å². The fraction of sp³-hybridized carbons (Fsp3) is 0.929. The Bertz CT molecular complexity index is 238. The zero-order valence-electron chi connectivity index (χ0n) is 11.6. The highest BCUT2D eigenvalue weighted by atomic mass is 16.2. The Labute approximate surface area is 106 Å². The normalized spacial score (nSPS) is 25.7. The highest BCUT2D eigenvalue weighted by Crippen LogP contribution is 2.25. The van der Waals surface area contributed by atoms with Gasteiger partial charge in [0.25, 0.3) is 0 Å². The molecule has 1 aliphatic carbocycles. The Kier molecular flexibility index (Phi) is 5.96. The molecular formula is C14H28N2O. The van der Waals surface area contributed by atoms with Crippen molar-refractivity contribution < 1.29 is 4.79 Å². The van der Waals surface area contributed by atoms with Crippen molar-refractivity contribution in [2.24, 2.45) is 11.7 Å². The molecule has 3 heteroatoms. The lowest BCUT2D eigenvalue weighted by atomic mass is 9.93. The molecule has 1 aliphatic rings. The maximum absolute atomic E-state index is 12.5. The van der Waals surface area contributed by atoms with Gasteiger partial charge in [0, 0.05) is 19.1 Å². The molecule has 0 bridgehead atoms. The molecular weight excluding hydrogens is 212 g/mol. The summed E-state index contributed by atoms with van der Waals surface area (Å²) in [5.74, 6) is 0.330. The number of carbonyl (C=O) groups is 1. The van der Waals surface area contributed by atoms with Gasteiger partial charge in [-0.05, 0) is 25.7 Å². The number of amides is 1. The number of carbonyl (C=O) groups excluding carboxylic acids is 1. The lowest BCUT2D eigenvalue weighted by molar-refractivity contribution is -0.137. The van der Waals surface area contributed by atoms with Crippen molar-refractivity contribution in [1.29, 1.82) is 0 Å². The van der Waals surface area contributed by atoms with Crippen LogP contribution in [0.25, 0.3) is 0 Å². The molecule has 3 nitrogen and oxygen atoms in total. The number of hydrogen-bond donors (Lipinski definition) is 1. The highest BCUT2D eigenvalue weighted by Gasteiger charge is 2.30. The molecule has 1 amide bonds. The molecule has 2 unspecified atom stereocenters. The largest absolute Gasteiger partial charge is 0.343 e. The minimum Gasteiger partial charge on any atom is -0.343 e. The monoisotopic (exact) mass is 240 g/mol. The maximum Gasteiger partial charge on any atom is 0.227 e. The van der Waals surface area contributed by atoms with Crippen molar-refractivity contribution in [2.75, 3.05) is 7.05 Å². The summed E-state index contributed by atoms with van der Waals surface area (Å²) < 4.78 is 0. The molecule has 1 rings (SSSR count). The average molecular weight is 240 g/mol. The summed E-state index contributed by atoms with van der Waals surface area (Å²) in [7, 11) is 1.94. The Morgan fingerprint density at radius 3 is 2.41 bits per heavy atom. The van der Waals surface area contributed by atoms with E-state index < -0.39 is 0 Å². The molecule has 2 N–H and O–H groups in total. The van der Waals surface area contributed by atoms with Crippen LogP contribution in [-0.4, -0.2) is 29.9 Å². The molecule has 100 valence electrons. The first-order valence-corrected chi connectivity index (χ1v) is 7.14. The Hall–Kier alpha value is -0.570. The van der Waals surface area contributed by atoms with Crippen molar-refractivity contribution in [1.82, 2.24) is 4.90 Å². The van der Waals surface area contributed by atoms with E-state index >= 15 is 0 Å². The molecule has 0 radical (unpaired) electrons. The van der Waals surface area contributed by atoms with Gasteiger partial charge in [0.15, 0.2) is 0 Å². The summed E-state index contributed by atoms with van der Waals surface area (Å²) >= 11 is 0. The quantitative estimate of drug-likeness (QED) is 0.768. The first-order valence-electron chi connectivity index (χ1n) is 7.14. The summed E-state index contributed by atoms with van der Waals surface area (Å²) in [6.45, 7) is 4.29. The first kappa shape index (κ1) is 14.5. The zero-order chi connectivity index (χ0) is 12.8. The molecule has 1 saturated carbocycles. The van der Waals surface area contributed by atoms with Crippen LogP contribution in [0.1, 0.15) is 58.8 Å². The van der Waals surface area contributed by atoms with E-state index in [-0.39, 0.29) is 17.9 Å². The predicted molar refractivity (Wildman–Crippen MR) is 71.7 cm³/mol. The number of hydrogen-bond acceptors (Lipinski definition) is 2. The van der Waals surface area contributed by atoms with E-state index in [1.54, 1.807) is 0 Å².